The minimum Gasteiger partial charge on any atom is -1.00 e. The van der Waals surface area contributed by atoms with Crippen LogP contribution < -0.4 is 94.4 Å². The number of morpholine rings is 4. The number of hydrogen-bond donors (Lipinski definition) is 8. The first-order valence-corrected chi connectivity index (χ1v) is 48.1. The molecule has 42 heteroatoms. The van der Waals surface area contributed by atoms with Crippen molar-refractivity contribution in [3.05, 3.63) is 319 Å². The summed E-state index contributed by atoms with van der Waals surface area (Å²) in [6.45, 7) is 23.0. The van der Waals surface area contributed by atoms with Crippen LogP contribution in [0.25, 0.3) is 66.5 Å². The number of ether oxygens (including phenoxy) is 6. The maximum atomic E-state index is 13.0. The molecule has 0 unspecified atom stereocenters. The minimum atomic E-state index is -0.896. The Morgan fingerprint density at radius 3 is 0.960 bits per heavy atom. The summed E-state index contributed by atoms with van der Waals surface area (Å²) in [6, 6.07) is 62.9. The number of terminal acetylenes is 1. The number of hydrazine groups is 3. The number of carboxylic acids is 1. The average molecular weight is 2260 g/mol. The van der Waals surface area contributed by atoms with Gasteiger partial charge in [-0.25, -0.2) is 46.0 Å². The molecule has 10 heterocycles. The van der Waals surface area contributed by atoms with Crippen molar-refractivity contribution in [1.82, 2.24) is 77.0 Å². The van der Waals surface area contributed by atoms with Crippen LogP contribution in [0.15, 0.2) is 252 Å². The quantitative estimate of drug-likeness (QED) is 0.0157. The number of fused-ring (bicyclic) bond motifs is 3. The van der Waals surface area contributed by atoms with Crippen molar-refractivity contribution in [1.29, 1.82) is 5.26 Å². The topological polar surface area (TPSA) is 438 Å². The fourth-order valence-electron chi connectivity index (χ4n) is 13.7. The number of hydrogen-bond acceptors (Lipinski definition) is 24. The number of aromatic nitrogens is 6. The summed E-state index contributed by atoms with van der Waals surface area (Å²) in [5.74, 6) is 18.2. The van der Waals surface area contributed by atoms with Crippen molar-refractivity contribution in [2.24, 2.45) is 5.84 Å². The molecule has 6 aromatic heterocycles. The maximum absolute atomic E-state index is 13.0. The Balaban J connectivity index is 0.000000290. The van der Waals surface area contributed by atoms with Gasteiger partial charge in [0.05, 0.1) is 120 Å². The van der Waals surface area contributed by atoms with Crippen molar-refractivity contribution in [3.8, 4) is 75.9 Å². The monoisotopic (exact) mass is 2260 g/mol. The van der Waals surface area contributed by atoms with Gasteiger partial charge in [-0.1, -0.05) is 97.9 Å². The van der Waals surface area contributed by atoms with E-state index < -0.39 is 47.1 Å². The summed E-state index contributed by atoms with van der Waals surface area (Å²) >= 11 is 16.1. The first-order valence-electron chi connectivity index (χ1n) is 45.4. The number of halogens is 8. The van der Waals surface area contributed by atoms with Crippen molar-refractivity contribution in [2.45, 2.75) is 59.7 Å². The van der Waals surface area contributed by atoms with Crippen LogP contribution in [0.1, 0.15) is 149 Å². The fourth-order valence-corrected chi connectivity index (χ4v) is 14.2. The van der Waals surface area contributed by atoms with E-state index in [4.69, 9.17) is 88.4 Å². The molecule has 0 atom stereocenters. The minimum absolute atomic E-state index is 0. The number of rotatable bonds is 10. The molecule has 776 valence electrons. The van der Waals surface area contributed by atoms with E-state index in [-0.39, 0.29) is 91.6 Å². The molecule has 33 nitrogen and oxygen atoms in total. The summed E-state index contributed by atoms with van der Waals surface area (Å²) in [6.07, 6.45) is 13.4. The van der Waals surface area contributed by atoms with Gasteiger partial charge in [-0.2, -0.15) is 5.26 Å². The molecule has 13 aromatic rings. The molecule has 4 saturated heterocycles. The van der Waals surface area contributed by atoms with Gasteiger partial charge in [-0.3, -0.25) is 60.0 Å². The summed E-state index contributed by atoms with van der Waals surface area (Å²) in [5, 5.41) is 20.9. The number of nitrogens with two attached hydrogens (primary N) is 1. The van der Waals surface area contributed by atoms with Crippen LogP contribution in [-0.2, 0) is 28.4 Å². The van der Waals surface area contributed by atoms with Gasteiger partial charge in [0, 0.05) is 192 Å². The first-order chi connectivity index (χ1) is 70.8. The van der Waals surface area contributed by atoms with E-state index in [1.807, 2.05) is 114 Å². The number of carbonyl (C=O) groups excluding carboxylic acids is 8. The summed E-state index contributed by atoms with van der Waals surface area (Å²) in [7, 11) is 0. The molecule has 0 aliphatic carbocycles. The molecule has 150 heavy (non-hydrogen) atoms. The zero-order valence-electron chi connectivity index (χ0n) is 82.9. The van der Waals surface area contributed by atoms with E-state index in [0.29, 0.717) is 162 Å². The van der Waals surface area contributed by atoms with Crippen molar-refractivity contribution in [3.63, 3.8) is 0 Å². The van der Waals surface area contributed by atoms with Gasteiger partial charge in [0.2, 0.25) is 0 Å². The van der Waals surface area contributed by atoms with Crippen LogP contribution in [0.5, 0.6) is 0 Å². The van der Waals surface area contributed by atoms with Crippen LogP contribution in [0, 0.1) is 47.4 Å². The second-order valence-electron chi connectivity index (χ2n) is 33.2. The number of amides is 8. The number of carbonyl (C=O) groups is 9. The summed E-state index contributed by atoms with van der Waals surface area (Å²) in [4.78, 5) is 141. The average Bonchev–Trinajstić information content (AvgIpc) is 0.793. The SMILES string of the molecule is C#Cc1ccc(-c2cc(C(=O)NNC(=O)OC(C)(C)C)c3cnccc3n2)cc1.C1COCCN1.CC#N.CC(C)(C)OC(=O)NNC(=O)c1cc(-c2ccc(C#Cc3ccc(C(=O)N4CCOCC4)cc3)cc2)nc2ccncc12.Cl.ClCCl.FF.NNC(=O)c1cc(-c2ccc(C#Cc3ccc(C(=O)N4CCOCC4)cc3)cc2)nc2ccncc12.O=C(O)c1ccc(Br)cc1.O=C(c1ccc(Br)cc1)N1CCOCC1.[F-].[K+]. The molecular formula is C108H106Br2Cl3F3KN17O16. The molecule has 0 radical (unpaired) electrons. The van der Waals surface area contributed by atoms with Crippen molar-refractivity contribution < 1.29 is 142 Å². The molecule has 4 aliphatic heterocycles. The Morgan fingerprint density at radius 1 is 0.447 bits per heavy atom. The Bertz CT molecular complexity index is 6880. The van der Waals surface area contributed by atoms with Gasteiger partial charge in [0.15, 0.2) is 0 Å². The number of benzene rings is 7. The van der Waals surface area contributed by atoms with Crippen LogP contribution in [0.2, 0.25) is 0 Å². The molecule has 9 N–H and O–H groups in total. The number of nitrogens with zero attached hydrogens (tertiary/aromatic N) is 10. The molecule has 17 rings (SSSR count). The number of nitriles is 1. The first kappa shape index (κ1) is 125. The van der Waals surface area contributed by atoms with Gasteiger partial charge in [-0.05, 0) is 211 Å². The number of pyridine rings is 6. The molecular weight excluding hydrogens is 2150 g/mol. The zero-order chi connectivity index (χ0) is 106. The largest absolute Gasteiger partial charge is 1.00 e. The standard InChI is InChI=1S/C33H31N5O5.C28H23N5O3.C22H20N4O3.C11H12BrNO2.C7H5BrO2.C4H9NO.C2H3N.CH2Cl2.ClH.F2.FH.K/c1-33(2,3)43-32(41)37-36-30(39)26-20-29(35-28-14-15-34-21-27(26)28)24-10-6-22(7-11-24)4-5-23-8-12-25(13-9-23)31(40)38-16-18-42-19-17-38;29-32-27(34)23-17-26(31-25-11-12-30-18-24(23)25)21-7-3-19(4-8-21)1-2-20-5-9-22(10-6-20)28(35)33-13-15-36-16-14-33;1-5-14-6-8-15(9-7-14)19-12-16(17-13-23-11-10-18(17)24-19)20(27)25-26-21(28)29-22(2,3)4;12-10-3-1-9(2-4-10)11(14)13-5-7-15-8-6-13;8-6-3-1-5(2-4-6)7(9)10;1-3-6-4-2-5-1;1-2-3;2-1-3;;1-2;;/h6-15,20-21H,16-19H2,1-3H3,(H,36,39)(H,37,41);3-12,17-18H,13-16,29H2,(H,32,34);1,6-13H,2-4H3,(H,25,27)(H,26,28);1-4H,5-8H2;1-4H,(H,9,10);5H,1-4H2;1H3;1H2;1H;;1H;/q;;;;;;;;;;;+1/p-1. The fraction of sp³-hybridized carbons (Fsp3) is 0.241. The van der Waals surface area contributed by atoms with Crippen molar-refractivity contribution in [2.75, 3.05) is 111 Å². The molecule has 0 saturated carbocycles. The van der Waals surface area contributed by atoms with Gasteiger partial charge < -0.3 is 58.2 Å². The van der Waals surface area contributed by atoms with Crippen LogP contribution in [-0.4, -0.2) is 225 Å². The van der Waals surface area contributed by atoms with Gasteiger partial charge in [0.25, 0.3) is 35.4 Å². The predicted octanol–water partition coefficient (Wildman–Crippen LogP) is 11.5. The normalized spacial score (nSPS) is 12.4. The van der Waals surface area contributed by atoms with Crippen molar-refractivity contribution >= 4 is 154 Å². The van der Waals surface area contributed by atoms with Crippen LogP contribution in [0.4, 0.5) is 18.7 Å². The third-order valence-corrected chi connectivity index (χ3v) is 21.7. The predicted molar refractivity (Wildman–Crippen MR) is 569 cm³/mol. The molecule has 0 bridgehead atoms. The van der Waals surface area contributed by atoms with E-state index in [1.54, 1.807) is 192 Å². The van der Waals surface area contributed by atoms with Crippen LogP contribution in [0.3, 0.4) is 0 Å². The molecule has 4 fully saturated rings. The smallest absolute Gasteiger partial charge is 1.00 e. The van der Waals surface area contributed by atoms with E-state index >= 15 is 0 Å². The molecule has 8 amide bonds. The number of aromatic carboxylic acids is 1. The number of alkyl halides is 2. The Hall–Kier alpha value is -13.8. The second kappa shape index (κ2) is 65.3. The second-order valence-corrected chi connectivity index (χ2v) is 35.9. The maximum Gasteiger partial charge on any atom is 1.00 e. The Kier molecular flexibility index (Phi) is 54.3. The summed E-state index contributed by atoms with van der Waals surface area (Å²) in [5.41, 5.74) is 23.5. The van der Waals surface area contributed by atoms with Gasteiger partial charge in [-0.15, -0.1) is 42.0 Å². The number of nitrogen functional groups attached to an aromatic ring is 1. The third-order valence-electron chi connectivity index (χ3n) is 20.6. The van der Waals surface area contributed by atoms with E-state index in [1.165, 1.54) is 6.92 Å². The molecule has 7 aromatic carbocycles. The van der Waals surface area contributed by atoms with Crippen LogP contribution >= 0.6 is 67.5 Å². The summed E-state index contributed by atoms with van der Waals surface area (Å²) < 4.78 is 49.0. The number of carboxylic acid groups (broad SMARTS) is 1. The molecule has 4 aliphatic rings. The van der Waals surface area contributed by atoms with E-state index in [9.17, 15) is 43.2 Å². The van der Waals surface area contributed by atoms with Gasteiger partial charge >= 0.3 is 69.5 Å². The Morgan fingerprint density at radius 2 is 0.707 bits per heavy atom. The zero-order valence-corrected chi connectivity index (χ0v) is 91.5. The number of nitrogens with one attached hydrogen (secondary N) is 6. The molecule has 0 spiro atoms. The third kappa shape index (κ3) is 40.9. The Labute approximate surface area is 940 Å². The van der Waals surface area contributed by atoms with E-state index in [2.05, 4.69) is 119 Å². The van der Waals surface area contributed by atoms with Gasteiger partial charge in [0.1, 0.15) is 11.2 Å². The van der Waals surface area contributed by atoms with E-state index in [0.717, 1.165) is 85.3 Å².